The molecule has 2 N–H and O–H groups in total. The molecule has 7 heteroatoms. The van der Waals surface area contributed by atoms with E-state index >= 15 is 8.78 Å². The molecular weight excluding hydrogens is 452 g/mol. The first-order valence-corrected chi connectivity index (χ1v) is 13.6. The first-order chi connectivity index (χ1) is 16.6. The molecule has 0 aromatic rings. The third-order valence-corrected chi connectivity index (χ3v) is 11.2. The molecule has 9 unspecified atom stereocenters. The van der Waals surface area contributed by atoms with Crippen molar-refractivity contribution < 1.29 is 28.6 Å². The highest BCUT2D eigenvalue weighted by molar-refractivity contribution is 5.90. The molecule has 9 atom stereocenters. The minimum absolute atomic E-state index is 0.00549. The van der Waals surface area contributed by atoms with Gasteiger partial charge in [-0.25, -0.2) is 8.78 Å². The largest absolute Gasteiger partial charge is 0.390 e. The van der Waals surface area contributed by atoms with Gasteiger partial charge in [0.15, 0.2) is 17.1 Å². The van der Waals surface area contributed by atoms with Gasteiger partial charge in [0.05, 0.1) is 6.10 Å². The SMILES string of the molecule is CC12C=CCC=C1C(F)CC1C3CC4CN(C5CCCCC5)OC4(C(=O)CO)C3(C)CC(O)C12F. The summed E-state index contributed by atoms with van der Waals surface area (Å²) < 4.78 is 33.0. The minimum atomic E-state index is -2.02. The highest BCUT2D eigenvalue weighted by Gasteiger charge is 2.79. The summed E-state index contributed by atoms with van der Waals surface area (Å²) in [5.74, 6) is -1.66. The van der Waals surface area contributed by atoms with E-state index in [0.29, 0.717) is 25.0 Å². The van der Waals surface area contributed by atoms with Crippen molar-refractivity contribution in [2.24, 2.45) is 28.6 Å². The van der Waals surface area contributed by atoms with Gasteiger partial charge in [-0.15, -0.1) is 0 Å². The topological polar surface area (TPSA) is 70.0 Å². The van der Waals surface area contributed by atoms with Gasteiger partial charge < -0.3 is 10.2 Å². The fourth-order valence-electron chi connectivity index (χ4n) is 9.63. The Morgan fingerprint density at radius 1 is 1.20 bits per heavy atom. The van der Waals surface area contributed by atoms with Crippen LogP contribution in [0.15, 0.2) is 23.8 Å². The van der Waals surface area contributed by atoms with Crippen LogP contribution in [0, 0.1) is 28.6 Å². The summed E-state index contributed by atoms with van der Waals surface area (Å²) in [7, 11) is 0. The van der Waals surface area contributed by atoms with E-state index in [1.54, 1.807) is 19.1 Å². The van der Waals surface area contributed by atoms with Crippen molar-refractivity contribution in [3.63, 3.8) is 0 Å². The molecule has 1 aliphatic heterocycles. The standard InChI is InChI=1S/C28H39F2NO4/c1-25-11-7-6-10-19(25)22(29)13-21-20-12-17-15-31(18-8-4-3-5-9-18)35-28(17,24(34)16-32)26(20,2)14-23(33)27(21,25)30/h7,10-11,17-18,20-23,32-33H,3-6,8-9,12-16H2,1-2H3. The summed E-state index contributed by atoms with van der Waals surface area (Å²) in [5.41, 5.74) is -4.99. The number of hydrogen-bond acceptors (Lipinski definition) is 5. The number of hydrogen-bond donors (Lipinski definition) is 2. The molecule has 0 amide bonds. The van der Waals surface area contributed by atoms with Crippen molar-refractivity contribution in [2.45, 2.75) is 101 Å². The van der Waals surface area contributed by atoms with Gasteiger partial charge in [-0.3, -0.25) is 9.63 Å². The molecule has 4 saturated carbocycles. The van der Waals surface area contributed by atoms with Gasteiger partial charge in [0.1, 0.15) is 12.8 Å². The predicted molar refractivity (Wildman–Crippen MR) is 127 cm³/mol. The second kappa shape index (κ2) is 7.92. The normalized spacial score (nSPS) is 51.8. The third-order valence-electron chi connectivity index (χ3n) is 11.2. The lowest BCUT2D eigenvalue weighted by Crippen LogP contribution is -2.70. The number of nitrogens with zero attached hydrogens (tertiary/aromatic N) is 1. The number of fused-ring (bicyclic) bond motifs is 7. The van der Waals surface area contributed by atoms with E-state index in [-0.39, 0.29) is 36.5 Å². The summed E-state index contributed by atoms with van der Waals surface area (Å²) in [4.78, 5) is 20.2. The fourth-order valence-corrected chi connectivity index (χ4v) is 9.63. The Morgan fingerprint density at radius 3 is 2.66 bits per heavy atom. The molecule has 0 spiro atoms. The second-order valence-electron chi connectivity index (χ2n) is 12.6. The molecule has 35 heavy (non-hydrogen) atoms. The lowest BCUT2D eigenvalue weighted by molar-refractivity contribution is -0.277. The molecule has 1 heterocycles. The Morgan fingerprint density at radius 2 is 1.94 bits per heavy atom. The molecule has 5 fully saturated rings. The summed E-state index contributed by atoms with van der Waals surface area (Å²) in [6.07, 6.45) is 9.42. The zero-order valence-electron chi connectivity index (χ0n) is 20.9. The summed E-state index contributed by atoms with van der Waals surface area (Å²) in [5, 5.41) is 23.6. The molecule has 0 aromatic carbocycles. The highest BCUT2D eigenvalue weighted by atomic mass is 19.1. The van der Waals surface area contributed by atoms with Gasteiger partial charge in [-0.1, -0.05) is 44.4 Å². The number of aliphatic hydroxyl groups excluding tert-OH is 2. The number of aliphatic hydroxyl groups is 2. The van der Waals surface area contributed by atoms with E-state index in [1.807, 2.05) is 18.1 Å². The van der Waals surface area contributed by atoms with Crippen LogP contribution in [0.1, 0.15) is 71.6 Å². The number of alkyl halides is 2. The molecule has 6 aliphatic rings. The molecule has 6 rings (SSSR count). The Balaban J connectivity index is 1.42. The first kappa shape index (κ1) is 24.2. The summed E-state index contributed by atoms with van der Waals surface area (Å²) in [6, 6.07) is 0.234. The smallest absolute Gasteiger partial charge is 0.192 e. The number of hydroxylamine groups is 2. The first-order valence-electron chi connectivity index (χ1n) is 13.6. The van der Waals surface area contributed by atoms with Crippen molar-refractivity contribution in [1.82, 2.24) is 5.06 Å². The number of halogens is 2. The lowest BCUT2D eigenvalue weighted by atomic mass is 9.44. The summed E-state index contributed by atoms with van der Waals surface area (Å²) >= 11 is 0. The van der Waals surface area contributed by atoms with E-state index < -0.39 is 46.9 Å². The van der Waals surface area contributed by atoms with Gasteiger partial charge >= 0.3 is 0 Å². The molecule has 0 aromatic heterocycles. The van der Waals surface area contributed by atoms with Crippen LogP contribution < -0.4 is 0 Å². The Labute approximate surface area is 206 Å². The number of allylic oxidation sites excluding steroid dienone is 4. The van der Waals surface area contributed by atoms with Crippen LogP contribution in [-0.2, 0) is 9.63 Å². The zero-order chi connectivity index (χ0) is 24.8. The van der Waals surface area contributed by atoms with Crippen molar-refractivity contribution in [2.75, 3.05) is 13.2 Å². The van der Waals surface area contributed by atoms with Crippen molar-refractivity contribution in [3.8, 4) is 0 Å². The minimum Gasteiger partial charge on any atom is -0.390 e. The Kier molecular flexibility index (Phi) is 5.48. The molecule has 5 nitrogen and oxygen atoms in total. The molecule has 1 saturated heterocycles. The average Bonchev–Trinajstić information content (AvgIpc) is 3.35. The van der Waals surface area contributed by atoms with Crippen LogP contribution in [0.4, 0.5) is 8.78 Å². The van der Waals surface area contributed by atoms with E-state index in [0.717, 1.165) is 25.7 Å². The highest BCUT2D eigenvalue weighted by Crippen LogP contribution is 2.72. The summed E-state index contributed by atoms with van der Waals surface area (Å²) in [6.45, 7) is 3.56. The number of carbonyl (C=O) groups is 1. The average molecular weight is 492 g/mol. The van der Waals surface area contributed by atoms with Crippen LogP contribution >= 0.6 is 0 Å². The maximum atomic E-state index is 17.4. The van der Waals surface area contributed by atoms with E-state index in [2.05, 4.69) is 0 Å². The quantitative estimate of drug-likeness (QED) is 0.578. The van der Waals surface area contributed by atoms with Gasteiger partial charge in [-0.05, 0) is 56.9 Å². The molecule has 5 aliphatic carbocycles. The number of Topliss-reactive ketones (excluding diaryl/α,β-unsaturated/α-hetero) is 1. The van der Waals surface area contributed by atoms with Crippen LogP contribution in [0.2, 0.25) is 0 Å². The van der Waals surface area contributed by atoms with Crippen LogP contribution in [-0.4, -0.2) is 63.8 Å². The lowest BCUT2D eigenvalue weighted by Gasteiger charge is -2.63. The number of ketones is 1. The van der Waals surface area contributed by atoms with Crippen molar-refractivity contribution >= 4 is 5.78 Å². The van der Waals surface area contributed by atoms with Gasteiger partial charge in [0, 0.05) is 35.3 Å². The molecular formula is C28H39F2NO4. The maximum absolute atomic E-state index is 17.4. The van der Waals surface area contributed by atoms with Crippen LogP contribution in [0.3, 0.4) is 0 Å². The predicted octanol–water partition coefficient (Wildman–Crippen LogP) is 4.23. The Hall–Kier alpha value is -1.15. The molecule has 0 radical (unpaired) electrons. The molecule has 194 valence electrons. The zero-order valence-corrected chi connectivity index (χ0v) is 20.9. The van der Waals surface area contributed by atoms with Crippen molar-refractivity contribution in [3.05, 3.63) is 23.8 Å². The Bertz CT molecular complexity index is 965. The van der Waals surface area contributed by atoms with E-state index in [9.17, 15) is 15.0 Å². The fraction of sp³-hybridized carbons (Fsp3) is 0.821. The van der Waals surface area contributed by atoms with E-state index in [4.69, 9.17) is 4.84 Å². The maximum Gasteiger partial charge on any atom is 0.192 e. The van der Waals surface area contributed by atoms with Gasteiger partial charge in [-0.2, -0.15) is 5.06 Å². The second-order valence-corrected chi connectivity index (χ2v) is 12.6. The van der Waals surface area contributed by atoms with Gasteiger partial charge in [0.2, 0.25) is 0 Å². The van der Waals surface area contributed by atoms with Gasteiger partial charge in [0.25, 0.3) is 0 Å². The van der Waals surface area contributed by atoms with Crippen LogP contribution in [0.25, 0.3) is 0 Å². The number of carbonyl (C=O) groups excluding carboxylic acids is 1. The third kappa shape index (κ3) is 2.84. The van der Waals surface area contributed by atoms with Crippen LogP contribution in [0.5, 0.6) is 0 Å². The number of rotatable bonds is 3. The van der Waals surface area contributed by atoms with Crippen molar-refractivity contribution in [1.29, 1.82) is 0 Å². The molecule has 0 bridgehead atoms. The monoisotopic (exact) mass is 491 g/mol. The van der Waals surface area contributed by atoms with E-state index in [1.165, 1.54) is 6.42 Å².